The van der Waals surface area contributed by atoms with Crippen LogP contribution in [0.5, 0.6) is 0 Å². The minimum absolute atomic E-state index is 0.193. The van der Waals surface area contributed by atoms with Crippen molar-refractivity contribution >= 4 is 5.82 Å². The lowest BCUT2D eigenvalue weighted by atomic mass is 9.88. The molecule has 1 aliphatic rings. The molecule has 1 aromatic carbocycles. The molecule has 2 aromatic rings. The van der Waals surface area contributed by atoms with E-state index in [1.54, 1.807) is 6.07 Å². The molecule has 2 heterocycles. The van der Waals surface area contributed by atoms with E-state index in [2.05, 4.69) is 46.3 Å². The molecule has 1 fully saturated rings. The second-order valence-corrected chi connectivity index (χ2v) is 8.24. The Balaban J connectivity index is 1.60. The van der Waals surface area contributed by atoms with Crippen LogP contribution in [0.15, 0.2) is 48.5 Å². The number of nitrogens with one attached hydrogen (secondary N) is 1. The molecule has 0 spiro atoms. The number of halogens is 3. The van der Waals surface area contributed by atoms with Gasteiger partial charge in [0, 0.05) is 44.9 Å². The van der Waals surface area contributed by atoms with Gasteiger partial charge in [-0.1, -0.05) is 36.4 Å². The van der Waals surface area contributed by atoms with Crippen LogP contribution >= 0.6 is 0 Å². The highest BCUT2D eigenvalue weighted by Gasteiger charge is 2.37. The summed E-state index contributed by atoms with van der Waals surface area (Å²) in [6.07, 6.45) is -2.82. The number of aromatic nitrogens is 1. The van der Waals surface area contributed by atoms with Crippen molar-refractivity contribution < 1.29 is 17.9 Å². The van der Waals surface area contributed by atoms with Gasteiger partial charge in [-0.15, -0.1) is 0 Å². The molecule has 0 saturated carbocycles. The zero-order valence-electron chi connectivity index (χ0n) is 18.2. The number of hydrogen-bond donors (Lipinski definition) is 1. The molecule has 5 nitrogen and oxygen atoms in total. The molecule has 0 bridgehead atoms. The first-order valence-corrected chi connectivity index (χ1v) is 10.6. The molecule has 8 heteroatoms. The van der Waals surface area contributed by atoms with Crippen LogP contribution in [0.3, 0.4) is 0 Å². The molecule has 1 N–H and O–H groups in total. The van der Waals surface area contributed by atoms with Crippen LogP contribution in [0, 0.1) is 0 Å². The molecule has 0 radical (unpaired) electrons. The third-order valence-corrected chi connectivity index (χ3v) is 5.98. The Bertz CT molecular complexity index is 810. The van der Waals surface area contributed by atoms with Crippen LogP contribution in [0.1, 0.15) is 24.1 Å². The second-order valence-electron chi connectivity index (χ2n) is 8.24. The van der Waals surface area contributed by atoms with Gasteiger partial charge in [0.2, 0.25) is 0 Å². The summed E-state index contributed by atoms with van der Waals surface area (Å²) < 4.78 is 44.5. The van der Waals surface area contributed by atoms with Crippen molar-refractivity contribution in [3.8, 4) is 0 Å². The maximum Gasteiger partial charge on any atom is 0.433 e. The van der Waals surface area contributed by atoms with Gasteiger partial charge in [0.25, 0.3) is 0 Å². The first kappa shape index (κ1) is 23.5. The molecule has 3 rings (SSSR count). The summed E-state index contributed by atoms with van der Waals surface area (Å²) in [7, 11) is 4.19. The minimum Gasteiger partial charge on any atom is -0.381 e. The molecule has 1 saturated heterocycles. The molecule has 0 atom stereocenters. The Morgan fingerprint density at radius 3 is 2.39 bits per heavy atom. The van der Waals surface area contributed by atoms with Gasteiger partial charge in [0.15, 0.2) is 0 Å². The predicted octanol–water partition coefficient (Wildman–Crippen LogP) is 4.13. The summed E-state index contributed by atoms with van der Waals surface area (Å²) in [4.78, 5) is 8.34. The van der Waals surface area contributed by atoms with Crippen molar-refractivity contribution in [2.24, 2.45) is 0 Å². The van der Waals surface area contributed by atoms with Crippen molar-refractivity contribution in [3.63, 3.8) is 0 Å². The molecule has 0 unspecified atom stereocenters. The van der Waals surface area contributed by atoms with Crippen molar-refractivity contribution in [1.29, 1.82) is 0 Å². The van der Waals surface area contributed by atoms with E-state index in [0.29, 0.717) is 19.8 Å². The zero-order chi connectivity index (χ0) is 22.3. The SMILES string of the molecule is CN(CCN(C)C1(CNc2cccc(C(F)(F)F)n2)CCOCC1)Cc1ccccc1. The standard InChI is InChI=1S/C23H31F3N4O/c1-29(17-19-7-4-3-5-8-19)13-14-30(2)22(11-15-31-16-12-22)18-27-21-10-6-9-20(28-21)23(24,25)26/h3-10H,11-18H2,1-2H3,(H,27,28). The lowest BCUT2D eigenvalue weighted by Gasteiger charge is -2.45. The quantitative estimate of drug-likeness (QED) is 0.640. The van der Waals surface area contributed by atoms with Crippen molar-refractivity contribution in [3.05, 3.63) is 59.8 Å². The summed E-state index contributed by atoms with van der Waals surface area (Å²) in [6.45, 7) is 4.40. The number of nitrogens with zero attached hydrogens (tertiary/aromatic N) is 3. The number of rotatable bonds is 9. The topological polar surface area (TPSA) is 40.6 Å². The average Bonchev–Trinajstić information content (AvgIpc) is 2.77. The van der Waals surface area contributed by atoms with Crippen LogP contribution in [0.25, 0.3) is 0 Å². The summed E-state index contributed by atoms with van der Waals surface area (Å²) >= 11 is 0. The fourth-order valence-electron chi connectivity index (χ4n) is 3.92. The summed E-state index contributed by atoms with van der Waals surface area (Å²) in [5.74, 6) is 0.246. The molecular formula is C23H31F3N4O. The third-order valence-electron chi connectivity index (χ3n) is 5.98. The maximum absolute atomic E-state index is 13.0. The van der Waals surface area contributed by atoms with E-state index in [0.717, 1.165) is 38.5 Å². The zero-order valence-corrected chi connectivity index (χ0v) is 18.2. The minimum atomic E-state index is -4.45. The predicted molar refractivity (Wildman–Crippen MR) is 116 cm³/mol. The van der Waals surface area contributed by atoms with Crippen LogP contribution in [0.2, 0.25) is 0 Å². The summed E-state index contributed by atoms with van der Waals surface area (Å²) in [6, 6.07) is 14.3. The second kappa shape index (κ2) is 10.4. The van der Waals surface area contributed by atoms with Crippen LogP contribution in [-0.2, 0) is 17.5 Å². The van der Waals surface area contributed by atoms with Crippen LogP contribution < -0.4 is 5.32 Å². The van der Waals surface area contributed by atoms with Gasteiger partial charge in [0.05, 0.1) is 0 Å². The molecule has 170 valence electrons. The van der Waals surface area contributed by atoms with E-state index in [4.69, 9.17) is 4.74 Å². The Hall–Kier alpha value is -2.16. The number of ether oxygens (including phenoxy) is 1. The van der Waals surface area contributed by atoms with Gasteiger partial charge in [0.1, 0.15) is 11.5 Å². The molecule has 0 aliphatic carbocycles. The van der Waals surface area contributed by atoms with Crippen LogP contribution in [0.4, 0.5) is 19.0 Å². The fraction of sp³-hybridized carbons (Fsp3) is 0.522. The van der Waals surface area contributed by atoms with E-state index < -0.39 is 11.9 Å². The smallest absolute Gasteiger partial charge is 0.381 e. The van der Waals surface area contributed by atoms with Gasteiger partial charge < -0.3 is 15.0 Å². The molecular weight excluding hydrogens is 405 g/mol. The van der Waals surface area contributed by atoms with E-state index in [1.807, 2.05) is 18.2 Å². The highest BCUT2D eigenvalue weighted by Crippen LogP contribution is 2.30. The van der Waals surface area contributed by atoms with Gasteiger partial charge in [-0.2, -0.15) is 13.2 Å². The van der Waals surface area contributed by atoms with Gasteiger partial charge >= 0.3 is 6.18 Å². The van der Waals surface area contributed by atoms with Crippen molar-refractivity contribution in [2.45, 2.75) is 31.1 Å². The number of alkyl halides is 3. The normalized spacial score (nSPS) is 16.6. The Morgan fingerprint density at radius 1 is 1.00 bits per heavy atom. The number of benzene rings is 1. The average molecular weight is 437 g/mol. The fourth-order valence-corrected chi connectivity index (χ4v) is 3.92. The lowest BCUT2D eigenvalue weighted by Crippen LogP contribution is -2.56. The number of likely N-dealkylation sites (N-methyl/N-ethyl adjacent to an activating group) is 2. The Morgan fingerprint density at radius 2 is 1.71 bits per heavy atom. The first-order chi connectivity index (χ1) is 14.8. The Labute approximate surface area is 182 Å². The maximum atomic E-state index is 13.0. The van der Waals surface area contributed by atoms with Crippen molar-refractivity contribution in [2.75, 3.05) is 52.3 Å². The Kier molecular flexibility index (Phi) is 7.91. The third kappa shape index (κ3) is 6.66. The van der Waals surface area contributed by atoms with Gasteiger partial charge in [-0.05, 0) is 44.6 Å². The lowest BCUT2D eigenvalue weighted by molar-refractivity contribution is -0.141. The summed E-state index contributed by atoms with van der Waals surface area (Å²) in [5.41, 5.74) is 0.196. The largest absolute Gasteiger partial charge is 0.433 e. The number of hydrogen-bond acceptors (Lipinski definition) is 5. The van der Waals surface area contributed by atoms with Crippen molar-refractivity contribution in [1.82, 2.24) is 14.8 Å². The molecule has 0 amide bonds. The molecule has 1 aromatic heterocycles. The van der Waals surface area contributed by atoms with E-state index in [9.17, 15) is 13.2 Å². The van der Waals surface area contributed by atoms with Gasteiger partial charge in [-0.25, -0.2) is 4.98 Å². The highest BCUT2D eigenvalue weighted by molar-refractivity contribution is 5.36. The number of anilines is 1. The summed E-state index contributed by atoms with van der Waals surface area (Å²) in [5, 5.41) is 3.15. The highest BCUT2D eigenvalue weighted by atomic mass is 19.4. The van der Waals surface area contributed by atoms with E-state index in [1.165, 1.54) is 11.6 Å². The monoisotopic (exact) mass is 436 g/mol. The number of pyridine rings is 1. The molecule has 1 aliphatic heterocycles. The van der Waals surface area contributed by atoms with E-state index in [-0.39, 0.29) is 11.4 Å². The van der Waals surface area contributed by atoms with E-state index >= 15 is 0 Å². The van der Waals surface area contributed by atoms with Crippen LogP contribution in [-0.4, -0.2) is 67.3 Å². The van der Waals surface area contributed by atoms with Gasteiger partial charge in [-0.3, -0.25) is 4.90 Å². The molecule has 31 heavy (non-hydrogen) atoms. The first-order valence-electron chi connectivity index (χ1n) is 10.6.